The van der Waals surface area contributed by atoms with Crippen LogP contribution in [0.3, 0.4) is 0 Å². The number of ether oxygens (including phenoxy) is 5. The first kappa shape index (κ1) is 42.0. The number of Topliss-reactive ketones (excluding diaryl/α,β-unsaturated/α-hetero) is 2. The number of hydrogen-bond acceptors (Lipinski definition) is 9. The Morgan fingerprint density at radius 3 is 2.24 bits per heavy atom. The summed E-state index contributed by atoms with van der Waals surface area (Å²) >= 11 is 0. The number of benzene rings is 2. The Labute approximate surface area is 348 Å². The van der Waals surface area contributed by atoms with E-state index in [2.05, 4.69) is 45.1 Å². The van der Waals surface area contributed by atoms with Gasteiger partial charge in [-0.05, 0) is 78.9 Å². The van der Waals surface area contributed by atoms with Crippen molar-refractivity contribution >= 4 is 35.1 Å². The second-order valence-electron chi connectivity index (χ2n) is 17.9. The van der Waals surface area contributed by atoms with Gasteiger partial charge in [-0.1, -0.05) is 81.3 Å². The lowest BCUT2D eigenvalue weighted by atomic mass is 9.51. The number of ketones is 2. The lowest BCUT2D eigenvalue weighted by Crippen LogP contribution is -2.74. The highest BCUT2D eigenvalue weighted by Gasteiger charge is 2.73. The van der Waals surface area contributed by atoms with Crippen LogP contribution < -0.4 is 14.2 Å². The summed E-state index contributed by atoms with van der Waals surface area (Å²) in [4.78, 5) is 42.8. The van der Waals surface area contributed by atoms with Crippen LogP contribution in [0.5, 0.6) is 17.2 Å². The maximum atomic E-state index is 15.4. The number of esters is 1. The molecule has 2 aliphatic carbocycles. The second-order valence-corrected chi connectivity index (χ2v) is 17.9. The minimum atomic E-state index is -2.24. The predicted molar refractivity (Wildman–Crippen MR) is 229 cm³/mol. The van der Waals surface area contributed by atoms with E-state index in [1.807, 2.05) is 52.8 Å². The number of hydrogen-bond donors (Lipinski definition) is 1. The van der Waals surface area contributed by atoms with E-state index in [4.69, 9.17) is 23.7 Å². The Hall–Kier alpha value is -5.15. The molecular formula is C50H58O9. The van der Waals surface area contributed by atoms with E-state index >= 15 is 4.79 Å². The molecule has 0 bridgehead atoms. The van der Waals surface area contributed by atoms with E-state index < -0.39 is 46.3 Å². The first-order chi connectivity index (χ1) is 27.9. The third kappa shape index (κ3) is 6.34. The van der Waals surface area contributed by atoms with Gasteiger partial charge in [0.05, 0.1) is 25.4 Å². The lowest BCUT2D eigenvalue weighted by molar-refractivity contribution is -0.187. The fourth-order valence-corrected chi connectivity index (χ4v) is 9.77. The zero-order valence-corrected chi connectivity index (χ0v) is 36.5. The van der Waals surface area contributed by atoms with Gasteiger partial charge in [-0.3, -0.25) is 9.59 Å². The van der Waals surface area contributed by atoms with Crippen LogP contribution >= 0.6 is 0 Å². The van der Waals surface area contributed by atoms with Gasteiger partial charge in [0, 0.05) is 52.0 Å². The molecule has 6 unspecified atom stereocenters. The fourth-order valence-electron chi connectivity index (χ4n) is 9.77. The molecule has 1 N–H and O–H groups in total. The number of rotatable bonds is 11. The first-order valence-electron chi connectivity index (χ1n) is 20.8. The van der Waals surface area contributed by atoms with Gasteiger partial charge in [-0.25, -0.2) is 4.79 Å². The zero-order chi connectivity index (χ0) is 42.9. The van der Waals surface area contributed by atoms with Gasteiger partial charge in [0.2, 0.25) is 0 Å². The van der Waals surface area contributed by atoms with Gasteiger partial charge >= 0.3 is 5.97 Å². The number of aliphatic hydroxyl groups is 1. The van der Waals surface area contributed by atoms with Crippen molar-refractivity contribution in [2.75, 3.05) is 14.2 Å². The molecule has 1 saturated carbocycles. The summed E-state index contributed by atoms with van der Waals surface area (Å²) in [7, 11) is 2.90. The van der Waals surface area contributed by atoms with Crippen molar-refractivity contribution in [3.05, 3.63) is 104 Å². The van der Waals surface area contributed by atoms with Crippen molar-refractivity contribution in [3.8, 4) is 17.2 Å². The predicted octanol–water partition coefficient (Wildman–Crippen LogP) is 9.96. The average molecular weight is 803 g/mol. The van der Waals surface area contributed by atoms with Gasteiger partial charge in [0.25, 0.3) is 0 Å². The third-order valence-corrected chi connectivity index (χ3v) is 13.2. The summed E-state index contributed by atoms with van der Waals surface area (Å²) in [5.74, 6) is -1.49. The highest BCUT2D eigenvalue weighted by molar-refractivity contribution is 6.22. The van der Waals surface area contributed by atoms with Crippen molar-refractivity contribution < 1.29 is 43.2 Å². The van der Waals surface area contributed by atoms with Gasteiger partial charge in [-0.15, -0.1) is 0 Å². The van der Waals surface area contributed by atoms with Crippen LogP contribution in [0.1, 0.15) is 121 Å². The average Bonchev–Trinajstić information content (AvgIpc) is 3.48. The van der Waals surface area contributed by atoms with Gasteiger partial charge in [-0.2, -0.15) is 0 Å². The minimum Gasteiger partial charge on any atom is -0.495 e. The molecule has 1 fully saturated rings. The molecule has 3 aliphatic heterocycles. The Bertz CT molecular complexity index is 2340. The summed E-state index contributed by atoms with van der Waals surface area (Å²) in [5.41, 5.74) is 1.82. The normalized spacial score (nSPS) is 26.7. The molecule has 0 spiro atoms. The third-order valence-electron chi connectivity index (χ3n) is 13.2. The van der Waals surface area contributed by atoms with Crippen LogP contribution in [0.4, 0.5) is 0 Å². The number of allylic oxidation sites excluding steroid dienone is 5. The van der Waals surface area contributed by atoms with Crippen LogP contribution in [0.15, 0.2) is 76.4 Å². The zero-order valence-electron chi connectivity index (χ0n) is 36.5. The van der Waals surface area contributed by atoms with Gasteiger partial charge < -0.3 is 28.8 Å². The van der Waals surface area contributed by atoms with E-state index in [9.17, 15) is 14.7 Å². The standard InChI is InChI=1S/C50H58O9/c1-26(2)16-15-23-48(10)24-22-35-41(58-48)34(20-19-27(3)4)44-38(42(35)55-11)45-39-36(37-40(51)32-17-13-14-18-33(32)43(37)57-45)30(8)46(52)49(54,25-21-29(7)47(53)56-12)50(39,59-44)31(9)28(5)6/h13-14,16-19,21-22,24,28,30-31,36,54H,15,20,23,25H2,1-12H3/b29-21-. The van der Waals surface area contributed by atoms with E-state index in [1.54, 1.807) is 33.1 Å². The molecule has 3 heterocycles. The van der Waals surface area contributed by atoms with E-state index in [0.29, 0.717) is 75.0 Å². The van der Waals surface area contributed by atoms with Crippen LogP contribution in [0, 0.1) is 23.7 Å². The Morgan fingerprint density at radius 1 is 0.932 bits per heavy atom. The summed E-state index contributed by atoms with van der Waals surface area (Å²) < 4.78 is 33.3. The first-order valence-corrected chi connectivity index (χ1v) is 20.8. The van der Waals surface area contributed by atoms with Crippen molar-refractivity contribution in [1.82, 2.24) is 0 Å². The van der Waals surface area contributed by atoms with Crippen molar-refractivity contribution in [3.63, 3.8) is 0 Å². The highest BCUT2D eigenvalue weighted by atomic mass is 16.5. The van der Waals surface area contributed by atoms with Crippen molar-refractivity contribution in [1.29, 1.82) is 0 Å². The van der Waals surface area contributed by atoms with E-state index in [1.165, 1.54) is 12.7 Å². The van der Waals surface area contributed by atoms with Crippen molar-refractivity contribution in [2.24, 2.45) is 23.7 Å². The largest absolute Gasteiger partial charge is 0.495 e. The molecule has 7 rings (SSSR count). The number of carbonyl (C=O) groups is 3. The highest BCUT2D eigenvalue weighted by Crippen LogP contribution is 2.67. The van der Waals surface area contributed by atoms with Crippen LogP contribution in [-0.2, 0) is 25.5 Å². The number of methoxy groups -OCH3 is 2. The topological polar surface area (TPSA) is 118 Å². The van der Waals surface area contributed by atoms with Crippen LogP contribution in [-0.4, -0.2) is 53.7 Å². The van der Waals surface area contributed by atoms with E-state index in [0.717, 1.165) is 17.6 Å². The van der Waals surface area contributed by atoms with Crippen LogP contribution in [0.25, 0.3) is 17.6 Å². The molecule has 2 aromatic carbocycles. The Morgan fingerprint density at radius 2 is 1.61 bits per heavy atom. The Balaban J connectivity index is 1.61. The molecule has 0 amide bonds. The molecule has 0 aromatic heterocycles. The lowest BCUT2D eigenvalue weighted by Gasteiger charge is -2.60. The number of fused-ring (bicyclic) bond motifs is 6. The number of carbonyl (C=O) groups excluding carboxylic acids is 3. The second kappa shape index (κ2) is 15.1. The maximum Gasteiger partial charge on any atom is 0.333 e. The minimum absolute atomic E-state index is 0.158. The van der Waals surface area contributed by atoms with Gasteiger partial charge in [0.15, 0.2) is 22.8 Å². The molecule has 312 valence electrons. The smallest absolute Gasteiger partial charge is 0.333 e. The van der Waals surface area contributed by atoms with Crippen LogP contribution in [0.2, 0.25) is 0 Å². The van der Waals surface area contributed by atoms with E-state index in [-0.39, 0.29) is 23.7 Å². The molecule has 2 aromatic rings. The summed E-state index contributed by atoms with van der Waals surface area (Å²) in [6.45, 7) is 19.7. The molecule has 9 heteroatoms. The molecular weight excluding hydrogens is 745 g/mol. The van der Waals surface area contributed by atoms with Gasteiger partial charge in [0.1, 0.15) is 39.9 Å². The monoisotopic (exact) mass is 802 g/mol. The SMILES string of the molecule is COC(=O)/C(C)=C\CC1(O)C(=O)C(C)C2C3=C(OC4=C2C1(C(C)C(C)C)Oc1c(CC=C(C)C)c2c(c(OC)c14)C=CC(C)(CCC=C(C)C)O2)c1ccccc1C3=O. The molecule has 6 atom stereocenters. The Kier molecular flexibility index (Phi) is 10.8. The summed E-state index contributed by atoms with van der Waals surface area (Å²) in [5, 5.41) is 13.6. The quantitative estimate of drug-likeness (QED) is 0.135. The molecule has 9 nitrogen and oxygen atoms in total. The molecule has 0 radical (unpaired) electrons. The summed E-state index contributed by atoms with van der Waals surface area (Å²) in [6.07, 6.45) is 11.7. The molecule has 59 heavy (non-hydrogen) atoms. The molecule has 0 saturated heterocycles. The summed E-state index contributed by atoms with van der Waals surface area (Å²) in [6, 6.07) is 7.34. The fraction of sp³-hybridized carbons (Fsp3) is 0.460. The van der Waals surface area contributed by atoms with Crippen molar-refractivity contribution in [2.45, 2.75) is 112 Å². The maximum absolute atomic E-state index is 15.4. The molecule has 5 aliphatic rings.